The van der Waals surface area contributed by atoms with Crippen LogP contribution in [-0.4, -0.2) is 20.9 Å². The first kappa shape index (κ1) is 20.1. The van der Waals surface area contributed by atoms with Gasteiger partial charge in [0.25, 0.3) is 5.91 Å². The normalized spacial score (nSPS) is 13.6. The van der Waals surface area contributed by atoms with Crippen LogP contribution in [0.25, 0.3) is 0 Å². The molecule has 1 N–H and O–H groups in total. The summed E-state index contributed by atoms with van der Waals surface area (Å²) in [4.78, 5) is 14.6. The van der Waals surface area contributed by atoms with Gasteiger partial charge in [0.15, 0.2) is 0 Å². The van der Waals surface area contributed by atoms with Gasteiger partial charge in [-0.25, -0.2) is 12.8 Å². The zero-order valence-electron chi connectivity index (χ0n) is 16.2. The Hall–Kier alpha value is -3.19. The molecule has 0 bridgehead atoms. The minimum Gasteiger partial charge on any atom is -0.308 e. The van der Waals surface area contributed by atoms with E-state index < -0.39 is 15.8 Å². The average molecular weight is 424 g/mol. The number of halogens is 1. The van der Waals surface area contributed by atoms with E-state index in [9.17, 15) is 17.6 Å². The maximum atomic E-state index is 13.3. The van der Waals surface area contributed by atoms with E-state index in [2.05, 4.69) is 4.72 Å². The van der Waals surface area contributed by atoms with Crippen LogP contribution < -0.4 is 9.62 Å². The topological polar surface area (TPSA) is 66.5 Å². The molecule has 3 aromatic rings. The summed E-state index contributed by atoms with van der Waals surface area (Å²) in [5.74, 6) is -0.865. The van der Waals surface area contributed by atoms with Crippen LogP contribution in [0.1, 0.15) is 27.9 Å². The van der Waals surface area contributed by atoms with Crippen molar-refractivity contribution in [1.29, 1.82) is 0 Å². The minimum atomic E-state index is -3.70. The Morgan fingerprint density at radius 1 is 1.00 bits per heavy atom. The Bertz CT molecular complexity index is 1180. The van der Waals surface area contributed by atoms with Crippen molar-refractivity contribution < 1.29 is 17.6 Å². The van der Waals surface area contributed by atoms with Gasteiger partial charge >= 0.3 is 0 Å². The van der Waals surface area contributed by atoms with Crippen LogP contribution in [0.5, 0.6) is 0 Å². The number of fused-ring (bicyclic) bond motifs is 1. The molecule has 154 valence electrons. The Morgan fingerprint density at radius 2 is 1.80 bits per heavy atom. The van der Waals surface area contributed by atoms with E-state index in [0.717, 1.165) is 24.1 Å². The second-order valence-electron chi connectivity index (χ2n) is 7.26. The fourth-order valence-electron chi connectivity index (χ4n) is 3.67. The summed E-state index contributed by atoms with van der Waals surface area (Å²) in [7, 11) is -3.70. The highest BCUT2D eigenvalue weighted by Crippen LogP contribution is 2.31. The molecule has 0 aliphatic carbocycles. The molecule has 1 aliphatic heterocycles. The number of rotatable bonds is 5. The molecule has 0 spiro atoms. The maximum absolute atomic E-state index is 13.3. The SMILES string of the molecule is O=C(c1ccccc1)N1CCCc2cc(NS(=O)(=O)Cc3cccc(F)c3)ccc21. The zero-order valence-corrected chi connectivity index (χ0v) is 17.0. The third-order valence-electron chi connectivity index (χ3n) is 4.98. The van der Waals surface area contributed by atoms with E-state index in [-0.39, 0.29) is 11.7 Å². The van der Waals surface area contributed by atoms with E-state index in [1.165, 1.54) is 18.2 Å². The van der Waals surface area contributed by atoms with Gasteiger partial charge < -0.3 is 4.90 Å². The van der Waals surface area contributed by atoms with Gasteiger partial charge in [-0.05, 0) is 66.4 Å². The monoisotopic (exact) mass is 424 g/mol. The summed E-state index contributed by atoms with van der Waals surface area (Å²) in [6.07, 6.45) is 1.55. The lowest BCUT2D eigenvalue weighted by atomic mass is 10.00. The number of hydrogen-bond donors (Lipinski definition) is 1. The van der Waals surface area contributed by atoms with Crippen LogP contribution in [0.2, 0.25) is 0 Å². The number of nitrogens with one attached hydrogen (secondary N) is 1. The highest BCUT2D eigenvalue weighted by molar-refractivity contribution is 7.91. The van der Waals surface area contributed by atoms with Gasteiger partial charge in [-0.2, -0.15) is 0 Å². The molecule has 7 heteroatoms. The Labute approximate surface area is 175 Å². The molecule has 0 unspecified atom stereocenters. The lowest BCUT2D eigenvalue weighted by Crippen LogP contribution is -2.35. The summed E-state index contributed by atoms with van der Waals surface area (Å²) in [6, 6.07) is 19.8. The predicted molar refractivity (Wildman–Crippen MR) is 116 cm³/mol. The second kappa shape index (κ2) is 8.28. The van der Waals surface area contributed by atoms with E-state index in [1.54, 1.807) is 41.3 Å². The molecular formula is C23H21FN2O3S. The van der Waals surface area contributed by atoms with Crippen molar-refractivity contribution in [3.05, 3.63) is 95.3 Å². The fraction of sp³-hybridized carbons (Fsp3) is 0.174. The van der Waals surface area contributed by atoms with Crippen LogP contribution in [0.3, 0.4) is 0 Å². The van der Waals surface area contributed by atoms with Gasteiger partial charge in [0.1, 0.15) is 5.82 Å². The maximum Gasteiger partial charge on any atom is 0.258 e. The van der Waals surface area contributed by atoms with Crippen LogP contribution in [0, 0.1) is 5.82 Å². The van der Waals surface area contributed by atoms with Crippen LogP contribution in [0.15, 0.2) is 72.8 Å². The number of hydrogen-bond acceptors (Lipinski definition) is 3. The van der Waals surface area contributed by atoms with E-state index in [1.807, 2.05) is 18.2 Å². The first-order chi connectivity index (χ1) is 14.4. The number of benzene rings is 3. The lowest BCUT2D eigenvalue weighted by molar-refractivity contribution is 0.0985. The van der Waals surface area contributed by atoms with Crippen molar-refractivity contribution in [2.24, 2.45) is 0 Å². The Balaban J connectivity index is 1.54. The number of nitrogens with zero attached hydrogens (tertiary/aromatic N) is 1. The first-order valence-electron chi connectivity index (χ1n) is 9.66. The molecule has 0 aromatic heterocycles. The van der Waals surface area contributed by atoms with E-state index >= 15 is 0 Å². The first-order valence-corrected chi connectivity index (χ1v) is 11.3. The van der Waals surface area contributed by atoms with Crippen molar-refractivity contribution in [2.75, 3.05) is 16.2 Å². The largest absolute Gasteiger partial charge is 0.308 e. The van der Waals surface area contributed by atoms with Crippen molar-refractivity contribution in [2.45, 2.75) is 18.6 Å². The molecule has 0 radical (unpaired) electrons. The van der Waals surface area contributed by atoms with E-state index in [4.69, 9.17) is 0 Å². The molecule has 1 aliphatic rings. The average Bonchev–Trinajstić information content (AvgIpc) is 2.72. The van der Waals surface area contributed by atoms with Crippen molar-refractivity contribution >= 4 is 27.3 Å². The summed E-state index contributed by atoms with van der Waals surface area (Å²) in [5.41, 5.74) is 3.13. The number of sulfonamides is 1. The highest BCUT2D eigenvalue weighted by atomic mass is 32.2. The highest BCUT2D eigenvalue weighted by Gasteiger charge is 2.24. The van der Waals surface area contributed by atoms with Gasteiger partial charge in [-0.3, -0.25) is 9.52 Å². The molecular weight excluding hydrogens is 403 g/mol. The molecule has 4 rings (SSSR count). The van der Waals surface area contributed by atoms with Crippen molar-refractivity contribution in [3.8, 4) is 0 Å². The fourth-order valence-corrected chi connectivity index (χ4v) is 4.85. The summed E-state index contributed by atoms with van der Waals surface area (Å²) >= 11 is 0. The molecule has 0 saturated carbocycles. The third-order valence-corrected chi connectivity index (χ3v) is 6.24. The van der Waals surface area contributed by atoms with Gasteiger partial charge in [0.05, 0.1) is 5.75 Å². The van der Waals surface area contributed by atoms with E-state index in [0.29, 0.717) is 23.4 Å². The number of aryl methyl sites for hydroxylation is 1. The molecule has 0 saturated heterocycles. The van der Waals surface area contributed by atoms with Gasteiger partial charge in [0.2, 0.25) is 10.0 Å². The van der Waals surface area contributed by atoms with Gasteiger partial charge in [0, 0.05) is 23.5 Å². The third kappa shape index (κ3) is 4.52. The van der Waals surface area contributed by atoms with Crippen molar-refractivity contribution in [1.82, 2.24) is 0 Å². The summed E-state index contributed by atoms with van der Waals surface area (Å²) in [6.45, 7) is 0.616. The number of amides is 1. The molecule has 30 heavy (non-hydrogen) atoms. The van der Waals surface area contributed by atoms with Crippen LogP contribution in [-0.2, 0) is 22.2 Å². The predicted octanol–water partition coefficient (Wildman–Crippen LogP) is 4.36. The van der Waals surface area contributed by atoms with Crippen molar-refractivity contribution in [3.63, 3.8) is 0 Å². The van der Waals surface area contributed by atoms with Crippen LogP contribution >= 0.6 is 0 Å². The smallest absolute Gasteiger partial charge is 0.258 e. The van der Waals surface area contributed by atoms with Gasteiger partial charge in [-0.15, -0.1) is 0 Å². The molecule has 1 heterocycles. The molecule has 0 fully saturated rings. The molecule has 5 nitrogen and oxygen atoms in total. The summed E-state index contributed by atoms with van der Waals surface area (Å²) < 4.78 is 40.9. The molecule has 3 aromatic carbocycles. The van der Waals surface area contributed by atoms with Gasteiger partial charge in [-0.1, -0.05) is 30.3 Å². The number of carbonyl (C=O) groups excluding carboxylic acids is 1. The lowest BCUT2D eigenvalue weighted by Gasteiger charge is -2.30. The molecule has 0 atom stereocenters. The second-order valence-corrected chi connectivity index (χ2v) is 8.98. The zero-order chi connectivity index (χ0) is 21.1. The standard InChI is InChI=1S/C23H21FN2O3S/c24-20-10-4-6-17(14-20)16-30(28,29)25-21-11-12-22-19(15-21)9-5-13-26(22)23(27)18-7-2-1-3-8-18/h1-4,6-8,10-12,14-15,25H,5,9,13,16H2. The Morgan fingerprint density at radius 3 is 2.57 bits per heavy atom. The number of carbonyl (C=O) groups is 1. The quantitative estimate of drug-likeness (QED) is 0.662. The summed E-state index contributed by atoms with van der Waals surface area (Å²) in [5, 5.41) is 0. The van der Waals surface area contributed by atoms with Crippen LogP contribution in [0.4, 0.5) is 15.8 Å². The Kier molecular flexibility index (Phi) is 5.55. The molecule has 1 amide bonds. The minimum absolute atomic E-state index is 0.0732. The number of anilines is 2.